The number of hydrogen-bond donors (Lipinski definition) is 1. The largest absolute Gasteiger partial charge is 0.368 e. The van der Waals surface area contributed by atoms with Gasteiger partial charge < -0.3 is 4.74 Å². The van der Waals surface area contributed by atoms with Crippen molar-refractivity contribution < 1.29 is 4.74 Å². The first-order valence-corrected chi connectivity index (χ1v) is 5.54. The summed E-state index contributed by atoms with van der Waals surface area (Å²) in [4.78, 5) is 0. The van der Waals surface area contributed by atoms with Crippen LogP contribution in [-0.4, -0.2) is 22.8 Å². The lowest BCUT2D eigenvalue weighted by atomic mass is 9.91. The van der Waals surface area contributed by atoms with E-state index in [9.17, 15) is 0 Å². The fourth-order valence-corrected chi connectivity index (χ4v) is 2.26. The minimum absolute atomic E-state index is 0.0636. The zero-order valence-electron chi connectivity index (χ0n) is 10.8. The quantitative estimate of drug-likeness (QED) is 0.705. The Kier molecular flexibility index (Phi) is 2.93. The molecule has 0 aromatic rings. The van der Waals surface area contributed by atoms with Crippen LogP contribution < -0.4 is 5.32 Å². The second-order valence-electron chi connectivity index (χ2n) is 6.14. The van der Waals surface area contributed by atoms with Gasteiger partial charge in [0.25, 0.3) is 0 Å². The monoisotopic (exact) mass is 209 g/mol. The predicted octanol–water partition coefficient (Wildman–Crippen LogP) is 2.33. The Balaban J connectivity index is 2.77. The fourth-order valence-electron chi connectivity index (χ4n) is 2.26. The first-order valence-electron chi connectivity index (χ1n) is 5.54. The number of rotatable bonds is 2. The lowest BCUT2D eigenvalue weighted by molar-refractivity contribution is -0.0708. The topological polar surface area (TPSA) is 21.3 Å². The van der Waals surface area contributed by atoms with E-state index < -0.39 is 0 Å². The molecule has 1 aliphatic heterocycles. The summed E-state index contributed by atoms with van der Waals surface area (Å²) in [6.45, 7) is 12.5. The third-order valence-corrected chi connectivity index (χ3v) is 2.97. The maximum atomic E-state index is 6.01. The molecule has 2 heteroatoms. The van der Waals surface area contributed by atoms with E-state index in [1.807, 2.05) is 13.8 Å². The van der Waals surface area contributed by atoms with E-state index in [0.717, 1.165) is 6.42 Å². The van der Waals surface area contributed by atoms with Gasteiger partial charge >= 0.3 is 0 Å². The fraction of sp³-hybridized carbons (Fsp3) is 0.846. The molecule has 0 spiro atoms. The first kappa shape index (κ1) is 12.5. The van der Waals surface area contributed by atoms with E-state index in [1.54, 1.807) is 0 Å². The highest BCUT2D eigenvalue weighted by Gasteiger charge is 2.46. The van der Waals surface area contributed by atoms with Crippen molar-refractivity contribution in [1.82, 2.24) is 5.32 Å². The molecule has 1 rings (SSSR count). The molecule has 2 nitrogen and oxygen atoms in total. The summed E-state index contributed by atoms with van der Waals surface area (Å²) in [5.41, 5.74) is -0.491. The van der Waals surface area contributed by atoms with Crippen LogP contribution in [0.2, 0.25) is 0 Å². The Bertz CT molecular complexity index is 283. The van der Waals surface area contributed by atoms with E-state index in [0.29, 0.717) is 6.04 Å². The van der Waals surface area contributed by atoms with Gasteiger partial charge in [-0.2, -0.15) is 0 Å². The van der Waals surface area contributed by atoms with Crippen molar-refractivity contribution in [3.63, 3.8) is 0 Å². The zero-order valence-corrected chi connectivity index (χ0v) is 10.8. The van der Waals surface area contributed by atoms with Gasteiger partial charge in [0.2, 0.25) is 0 Å². The van der Waals surface area contributed by atoms with Crippen LogP contribution in [0.15, 0.2) is 0 Å². The number of hydrogen-bond acceptors (Lipinski definition) is 2. The Labute approximate surface area is 93.8 Å². The highest BCUT2D eigenvalue weighted by atomic mass is 16.5. The van der Waals surface area contributed by atoms with Crippen LogP contribution in [0.4, 0.5) is 0 Å². The van der Waals surface area contributed by atoms with Crippen molar-refractivity contribution in [2.75, 3.05) is 0 Å². The Hall–Kier alpha value is -0.520. The molecular weight excluding hydrogens is 186 g/mol. The Morgan fingerprint density at radius 3 is 2.20 bits per heavy atom. The molecule has 1 aliphatic rings. The normalized spacial score (nSPS) is 28.7. The highest BCUT2D eigenvalue weighted by molar-refractivity contribution is 5.11. The van der Waals surface area contributed by atoms with Gasteiger partial charge in [-0.3, -0.25) is 5.32 Å². The summed E-state index contributed by atoms with van der Waals surface area (Å²) < 4.78 is 6.01. The molecular formula is C13H23NO. The molecule has 0 aliphatic carbocycles. The van der Waals surface area contributed by atoms with Crippen LogP contribution >= 0.6 is 0 Å². The van der Waals surface area contributed by atoms with E-state index in [4.69, 9.17) is 11.2 Å². The Morgan fingerprint density at radius 2 is 1.87 bits per heavy atom. The second kappa shape index (κ2) is 3.50. The highest BCUT2D eigenvalue weighted by Crippen LogP contribution is 2.37. The second-order valence-corrected chi connectivity index (χ2v) is 6.14. The number of nitrogens with one attached hydrogen (secondary N) is 1. The first-order chi connectivity index (χ1) is 6.58. The summed E-state index contributed by atoms with van der Waals surface area (Å²) in [6.07, 6.45) is 6.48. The molecule has 0 saturated carbocycles. The maximum absolute atomic E-state index is 6.01. The third-order valence-electron chi connectivity index (χ3n) is 2.97. The van der Waals surface area contributed by atoms with E-state index in [2.05, 4.69) is 38.9 Å². The van der Waals surface area contributed by atoms with Crippen LogP contribution in [0.25, 0.3) is 0 Å². The molecule has 1 atom stereocenters. The summed E-state index contributed by atoms with van der Waals surface area (Å²) in [6, 6.07) is 0.304. The average Bonchev–Trinajstić information content (AvgIpc) is 2.18. The number of ether oxygens (including phenoxy) is 1. The minimum atomic E-state index is -0.272. The predicted molar refractivity (Wildman–Crippen MR) is 63.7 cm³/mol. The van der Waals surface area contributed by atoms with Gasteiger partial charge in [-0.05, 0) is 48.0 Å². The molecule has 1 unspecified atom stereocenters. The van der Waals surface area contributed by atoms with Gasteiger partial charge in [0.1, 0.15) is 0 Å². The van der Waals surface area contributed by atoms with Crippen molar-refractivity contribution in [3.05, 3.63) is 0 Å². The number of terminal acetylenes is 1. The molecule has 1 heterocycles. The molecule has 0 aromatic heterocycles. The van der Waals surface area contributed by atoms with Crippen molar-refractivity contribution in [3.8, 4) is 12.3 Å². The summed E-state index contributed by atoms with van der Waals surface area (Å²) >= 11 is 0. The standard InChI is InChI=1S/C13H23NO/c1-8-11(2,3)14-10-9-12(4,5)15-13(10,6)7/h1,10,14H,9H2,2-7H3. The molecule has 0 amide bonds. The van der Waals surface area contributed by atoms with Crippen LogP contribution in [0, 0.1) is 12.3 Å². The lowest BCUT2D eigenvalue weighted by Gasteiger charge is -2.32. The molecule has 1 fully saturated rings. The van der Waals surface area contributed by atoms with Gasteiger partial charge in [0.05, 0.1) is 16.7 Å². The van der Waals surface area contributed by atoms with Crippen molar-refractivity contribution >= 4 is 0 Å². The lowest BCUT2D eigenvalue weighted by Crippen LogP contribution is -2.52. The van der Waals surface area contributed by atoms with Crippen LogP contribution in [0.5, 0.6) is 0 Å². The van der Waals surface area contributed by atoms with Gasteiger partial charge in [-0.15, -0.1) is 6.42 Å². The molecule has 86 valence electrons. The molecule has 0 radical (unpaired) electrons. The van der Waals surface area contributed by atoms with E-state index in [1.165, 1.54) is 0 Å². The van der Waals surface area contributed by atoms with Gasteiger partial charge in [0, 0.05) is 6.04 Å². The van der Waals surface area contributed by atoms with Crippen LogP contribution in [0.3, 0.4) is 0 Å². The van der Waals surface area contributed by atoms with E-state index in [-0.39, 0.29) is 16.7 Å². The average molecular weight is 209 g/mol. The van der Waals surface area contributed by atoms with E-state index >= 15 is 0 Å². The summed E-state index contributed by atoms with van der Waals surface area (Å²) in [5, 5.41) is 3.49. The molecule has 1 N–H and O–H groups in total. The van der Waals surface area contributed by atoms with Crippen molar-refractivity contribution in [2.24, 2.45) is 0 Å². The molecule has 0 bridgehead atoms. The van der Waals surface area contributed by atoms with Crippen LogP contribution in [-0.2, 0) is 4.74 Å². The van der Waals surface area contributed by atoms with Gasteiger partial charge in [-0.1, -0.05) is 5.92 Å². The van der Waals surface area contributed by atoms with Crippen molar-refractivity contribution in [1.29, 1.82) is 0 Å². The maximum Gasteiger partial charge on any atom is 0.0787 e. The van der Waals surface area contributed by atoms with Crippen LogP contribution in [0.1, 0.15) is 48.0 Å². The smallest absolute Gasteiger partial charge is 0.0787 e. The molecule has 0 aromatic carbocycles. The minimum Gasteiger partial charge on any atom is -0.368 e. The molecule has 15 heavy (non-hydrogen) atoms. The molecule has 1 saturated heterocycles. The SMILES string of the molecule is C#CC(C)(C)NC1CC(C)(C)OC1(C)C. The third kappa shape index (κ3) is 2.96. The zero-order chi connectivity index (χ0) is 11.9. The summed E-state index contributed by atoms with van der Waals surface area (Å²) in [7, 11) is 0. The van der Waals surface area contributed by atoms with Gasteiger partial charge in [0.15, 0.2) is 0 Å². The summed E-state index contributed by atoms with van der Waals surface area (Å²) in [5.74, 6) is 2.77. The van der Waals surface area contributed by atoms with Gasteiger partial charge in [-0.25, -0.2) is 0 Å². The Morgan fingerprint density at radius 1 is 1.33 bits per heavy atom. The van der Waals surface area contributed by atoms with Crippen molar-refractivity contribution in [2.45, 2.75) is 70.7 Å².